The van der Waals surface area contributed by atoms with Crippen molar-refractivity contribution >= 4 is 38.6 Å². The summed E-state index contributed by atoms with van der Waals surface area (Å²) in [4.78, 5) is 26.4. The van der Waals surface area contributed by atoms with Gasteiger partial charge in [0.15, 0.2) is 0 Å². The molecule has 0 saturated heterocycles. The van der Waals surface area contributed by atoms with Crippen molar-refractivity contribution in [1.82, 2.24) is 14.3 Å². The van der Waals surface area contributed by atoms with Crippen LogP contribution in [-0.2, 0) is 4.79 Å². The molecule has 1 amide bonds. The Bertz CT molecular complexity index is 1310. The first-order valence-corrected chi connectivity index (χ1v) is 10.9. The van der Waals surface area contributed by atoms with Crippen LogP contribution in [0.15, 0.2) is 69.9 Å². The van der Waals surface area contributed by atoms with Gasteiger partial charge in [-0.15, -0.1) is 0 Å². The lowest BCUT2D eigenvalue weighted by Crippen LogP contribution is -2.34. The van der Waals surface area contributed by atoms with Gasteiger partial charge in [-0.3, -0.25) is 14.2 Å². The van der Waals surface area contributed by atoms with E-state index in [1.807, 2.05) is 75.4 Å². The van der Waals surface area contributed by atoms with Crippen LogP contribution in [0.5, 0.6) is 0 Å². The number of nitrogens with one attached hydrogen (secondary N) is 1. The number of halogens is 1. The number of aromatic nitrogens is 3. The van der Waals surface area contributed by atoms with Crippen LogP contribution in [-0.4, -0.2) is 20.3 Å². The summed E-state index contributed by atoms with van der Waals surface area (Å²) in [5.74, 6) is -0.240. The van der Waals surface area contributed by atoms with E-state index >= 15 is 0 Å². The maximum absolute atomic E-state index is 13.3. The zero-order valence-electron chi connectivity index (χ0n) is 17.6. The summed E-state index contributed by atoms with van der Waals surface area (Å²) < 4.78 is 4.26. The molecule has 2 aromatic heterocycles. The van der Waals surface area contributed by atoms with Crippen LogP contribution in [0.2, 0.25) is 0 Å². The molecule has 0 radical (unpaired) electrons. The number of amides is 1. The molecule has 1 N–H and O–H groups in total. The van der Waals surface area contributed by atoms with Gasteiger partial charge in [0.05, 0.1) is 11.4 Å². The first kappa shape index (κ1) is 21.1. The number of carbonyl (C=O) groups is 1. The van der Waals surface area contributed by atoms with Gasteiger partial charge in [-0.25, -0.2) is 4.68 Å². The third-order valence-corrected chi connectivity index (χ3v) is 5.88. The van der Waals surface area contributed by atoms with Gasteiger partial charge in [-0.1, -0.05) is 41.1 Å². The molecule has 6 nitrogen and oxygen atoms in total. The number of anilines is 1. The van der Waals surface area contributed by atoms with Crippen molar-refractivity contribution in [2.75, 3.05) is 5.32 Å². The molecule has 7 heteroatoms. The number of nitrogens with zero attached hydrogens (tertiary/aromatic N) is 3. The van der Waals surface area contributed by atoms with Crippen molar-refractivity contribution in [3.63, 3.8) is 0 Å². The number of aryl methyl sites for hydroxylation is 2. The van der Waals surface area contributed by atoms with Crippen molar-refractivity contribution in [2.24, 2.45) is 0 Å². The number of hydrogen-bond acceptors (Lipinski definition) is 3. The van der Waals surface area contributed by atoms with E-state index in [1.54, 1.807) is 15.3 Å². The Morgan fingerprint density at radius 3 is 2.42 bits per heavy atom. The summed E-state index contributed by atoms with van der Waals surface area (Å²) >= 11 is 3.40. The summed E-state index contributed by atoms with van der Waals surface area (Å²) in [6, 6.07) is 17.9. The van der Waals surface area contributed by atoms with E-state index in [9.17, 15) is 9.59 Å². The van der Waals surface area contributed by atoms with E-state index in [2.05, 4.69) is 21.2 Å². The van der Waals surface area contributed by atoms with Gasteiger partial charge in [-0.05, 0) is 62.2 Å². The van der Waals surface area contributed by atoms with E-state index in [4.69, 9.17) is 5.10 Å². The van der Waals surface area contributed by atoms with Crippen LogP contribution in [0.4, 0.5) is 5.69 Å². The number of carbonyl (C=O) groups excluding carboxylic acids is 1. The van der Waals surface area contributed by atoms with Crippen LogP contribution in [0, 0.1) is 13.8 Å². The highest BCUT2D eigenvalue weighted by Crippen LogP contribution is 2.27. The smallest absolute Gasteiger partial charge is 0.253 e. The molecular weight excluding hydrogens is 456 g/mol. The maximum Gasteiger partial charge on any atom is 0.253 e. The Morgan fingerprint density at radius 1 is 1.10 bits per heavy atom. The molecule has 1 atom stereocenters. The van der Waals surface area contributed by atoms with Crippen molar-refractivity contribution in [1.29, 1.82) is 0 Å². The maximum atomic E-state index is 13.3. The predicted octanol–water partition coefficient (Wildman–Crippen LogP) is 5.16. The van der Waals surface area contributed by atoms with Crippen LogP contribution in [0.1, 0.15) is 30.6 Å². The van der Waals surface area contributed by atoms with E-state index in [1.165, 1.54) is 0 Å². The SMILES string of the molecule is CCC(C(=O)Nc1ccc(Br)cc1)n1c(=O)cc(C)c2c(C)nn(-c3ccccc3)c21. The second-order valence-electron chi connectivity index (χ2n) is 7.49. The van der Waals surface area contributed by atoms with E-state index in [0.717, 1.165) is 26.8 Å². The number of hydrogen-bond donors (Lipinski definition) is 1. The lowest BCUT2D eigenvalue weighted by atomic mass is 10.1. The van der Waals surface area contributed by atoms with Gasteiger partial charge in [0, 0.05) is 21.6 Å². The third-order valence-electron chi connectivity index (χ3n) is 5.35. The molecular formula is C24H23BrN4O2. The second-order valence-corrected chi connectivity index (χ2v) is 8.40. The Kier molecular flexibility index (Phi) is 5.78. The number of para-hydroxylation sites is 1. The Labute approximate surface area is 188 Å². The van der Waals surface area contributed by atoms with Crippen LogP contribution in [0.3, 0.4) is 0 Å². The van der Waals surface area contributed by atoms with Gasteiger partial charge >= 0.3 is 0 Å². The molecule has 0 aliphatic rings. The van der Waals surface area contributed by atoms with Gasteiger partial charge in [0.1, 0.15) is 11.7 Å². The standard InChI is InChI=1S/C24H23BrN4O2/c1-4-20(23(31)26-18-12-10-17(25)11-13-18)28-21(30)14-15(2)22-16(3)27-29(24(22)28)19-8-6-5-7-9-19/h5-14,20H,4H2,1-3H3,(H,26,31). The monoisotopic (exact) mass is 478 g/mol. The molecule has 0 fully saturated rings. The summed E-state index contributed by atoms with van der Waals surface area (Å²) in [6.45, 7) is 5.73. The number of fused-ring (bicyclic) bond motifs is 1. The molecule has 0 aliphatic carbocycles. The lowest BCUT2D eigenvalue weighted by Gasteiger charge is -2.21. The first-order chi connectivity index (χ1) is 14.9. The molecule has 4 aromatic rings. The third kappa shape index (κ3) is 3.93. The topological polar surface area (TPSA) is 68.9 Å². The molecule has 0 saturated carbocycles. The summed E-state index contributed by atoms with van der Waals surface area (Å²) in [6.07, 6.45) is 0.458. The average Bonchev–Trinajstić information content (AvgIpc) is 3.10. The highest BCUT2D eigenvalue weighted by Gasteiger charge is 2.26. The number of benzene rings is 2. The molecule has 2 aromatic carbocycles. The zero-order chi connectivity index (χ0) is 22.1. The van der Waals surface area contributed by atoms with Gasteiger partial charge < -0.3 is 5.32 Å². The van der Waals surface area contributed by atoms with Gasteiger partial charge in [0.2, 0.25) is 5.91 Å². The van der Waals surface area contributed by atoms with Gasteiger partial charge in [-0.2, -0.15) is 5.10 Å². The van der Waals surface area contributed by atoms with Crippen molar-refractivity contribution in [2.45, 2.75) is 33.2 Å². The minimum atomic E-state index is -0.683. The fourth-order valence-electron chi connectivity index (χ4n) is 3.92. The van der Waals surface area contributed by atoms with E-state index in [0.29, 0.717) is 17.8 Å². The highest BCUT2D eigenvalue weighted by molar-refractivity contribution is 9.10. The van der Waals surface area contributed by atoms with Crippen molar-refractivity contribution in [3.05, 3.63) is 86.7 Å². The molecule has 0 spiro atoms. The molecule has 0 bridgehead atoms. The Balaban J connectivity index is 1.90. The van der Waals surface area contributed by atoms with Crippen LogP contribution in [0.25, 0.3) is 16.7 Å². The molecule has 1 unspecified atom stereocenters. The molecule has 4 rings (SSSR count). The lowest BCUT2D eigenvalue weighted by molar-refractivity contribution is -0.119. The quantitative estimate of drug-likeness (QED) is 0.430. The summed E-state index contributed by atoms with van der Waals surface area (Å²) in [7, 11) is 0. The van der Waals surface area contributed by atoms with Crippen molar-refractivity contribution < 1.29 is 4.79 Å². The largest absolute Gasteiger partial charge is 0.324 e. The van der Waals surface area contributed by atoms with Crippen LogP contribution >= 0.6 is 15.9 Å². The normalized spacial score (nSPS) is 12.1. The van der Waals surface area contributed by atoms with E-state index in [-0.39, 0.29) is 11.5 Å². The minimum Gasteiger partial charge on any atom is -0.324 e. The molecule has 0 aliphatic heterocycles. The summed E-state index contributed by atoms with van der Waals surface area (Å²) in [5.41, 5.74) is 3.58. The Morgan fingerprint density at radius 2 is 1.77 bits per heavy atom. The first-order valence-electron chi connectivity index (χ1n) is 10.1. The predicted molar refractivity (Wildman–Crippen MR) is 127 cm³/mol. The fraction of sp³-hybridized carbons (Fsp3) is 0.208. The Hall–Kier alpha value is -3.19. The van der Waals surface area contributed by atoms with Gasteiger partial charge in [0.25, 0.3) is 5.56 Å². The molecule has 2 heterocycles. The number of pyridine rings is 1. The minimum absolute atomic E-state index is 0.222. The molecule has 31 heavy (non-hydrogen) atoms. The summed E-state index contributed by atoms with van der Waals surface area (Å²) in [5, 5.41) is 8.54. The number of rotatable bonds is 5. The zero-order valence-corrected chi connectivity index (χ0v) is 19.2. The average molecular weight is 479 g/mol. The molecule has 158 valence electrons. The van der Waals surface area contributed by atoms with Crippen molar-refractivity contribution in [3.8, 4) is 5.69 Å². The van der Waals surface area contributed by atoms with E-state index < -0.39 is 6.04 Å². The van der Waals surface area contributed by atoms with Crippen LogP contribution < -0.4 is 10.9 Å². The fourth-order valence-corrected chi connectivity index (χ4v) is 4.19. The highest BCUT2D eigenvalue weighted by atomic mass is 79.9. The second kappa shape index (κ2) is 8.51.